The lowest BCUT2D eigenvalue weighted by molar-refractivity contribution is 0.0952. The van der Waals surface area contributed by atoms with Crippen molar-refractivity contribution in [2.24, 2.45) is 0 Å². The fraction of sp³-hybridized carbons (Fsp3) is 0.471. The molecule has 1 aromatic rings. The zero-order chi connectivity index (χ0) is 15.8. The van der Waals surface area contributed by atoms with Gasteiger partial charge >= 0.3 is 0 Å². The van der Waals surface area contributed by atoms with Crippen LogP contribution < -0.4 is 15.4 Å². The highest BCUT2D eigenvalue weighted by Crippen LogP contribution is 2.18. The molecule has 1 heterocycles. The molecule has 0 aromatic heterocycles. The second-order valence-corrected chi connectivity index (χ2v) is 5.65. The number of hydrogen-bond acceptors (Lipinski definition) is 4. The minimum atomic E-state index is -0.0834. The van der Waals surface area contributed by atoms with Crippen LogP contribution in [0.3, 0.4) is 0 Å². The Labute approximate surface area is 132 Å². The van der Waals surface area contributed by atoms with Gasteiger partial charge in [0.15, 0.2) is 0 Å². The summed E-state index contributed by atoms with van der Waals surface area (Å²) in [7, 11) is 3.99. The highest BCUT2D eigenvalue weighted by atomic mass is 16.5. The molecule has 5 heteroatoms. The summed E-state index contributed by atoms with van der Waals surface area (Å²) >= 11 is 0. The Morgan fingerprint density at radius 2 is 2.18 bits per heavy atom. The summed E-state index contributed by atoms with van der Waals surface area (Å²) < 4.78 is 5.73. The maximum Gasteiger partial charge on any atom is 0.255 e. The van der Waals surface area contributed by atoms with Gasteiger partial charge in [0.05, 0.1) is 5.56 Å². The Balaban J connectivity index is 1.92. The molecule has 0 saturated carbocycles. The number of likely N-dealkylation sites (N-methyl/N-ethyl adjacent to an activating group) is 1. The third-order valence-electron chi connectivity index (χ3n) is 3.56. The molecule has 120 valence electrons. The molecule has 5 nitrogen and oxygen atoms in total. The van der Waals surface area contributed by atoms with Crippen LogP contribution in [-0.4, -0.2) is 57.7 Å². The van der Waals surface area contributed by atoms with E-state index in [0.717, 1.165) is 26.1 Å². The zero-order valence-electron chi connectivity index (χ0n) is 13.4. The molecule has 1 amide bonds. The SMILES string of the molecule is CN(C)CCOc1ccccc1C(=O)NCC1=CCNCC1. The van der Waals surface area contributed by atoms with Gasteiger partial charge in [0.2, 0.25) is 0 Å². The summed E-state index contributed by atoms with van der Waals surface area (Å²) in [5, 5.41) is 6.25. The molecule has 0 fully saturated rings. The van der Waals surface area contributed by atoms with E-state index in [4.69, 9.17) is 4.74 Å². The van der Waals surface area contributed by atoms with E-state index in [1.807, 2.05) is 37.2 Å². The van der Waals surface area contributed by atoms with E-state index in [2.05, 4.69) is 16.7 Å². The van der Waals surface area contributed by atoms with Gasteiger partial charge in [-0.2, -0.15) is 0 Å². The van der Waals surface area contributed by atoms with Crippen molar-refractivity contribution >= 4 is 5.91 Å². The van der Waals surface area contributed by atoms with E-state index >= 15 is 0 Å². The van der Waals surface area contributed by atoms with Crippen LogP contribution in [0.2, 0.25) is 0 Å². The highest BCUT2D eigenvalue weighted by molar-refractivity contribution is 5.97. The first kappa shape index (κ1) is 16.5. The summed E-state index contributed by atoms with van der Waals surface area (Å²) in [6.45, 7) is 3.85. The number of amides is 1. The number of ether oxygens (including phenoxy) is 1. The lowest BCUT2D eigenvalue weighted by Gasteiger charge is -2.16. The summed E-state index contributed by atoms with van der Waals surface area (Å²) in [6, 6.07) is 7.39. The van der Waals surface area contributed by atoms with E-state index < -0.39 is 0 Å². The number of nitrogens with one attached hydrogen (secondary N) is 2. The molecule has 1 aromatic carbocycles. The van der Waals surface area contributed by atoms with Gasteiger partial charge in [-0.05, 0) is 39.2 Å². The fourth-order valence-electron chi connectivity index (χ4n) is 2.24. The minimum absolute atomic E-state index is 0.0834. The van der Waals surface area contributed by atoms with Crippen LogP contribution >= 0.6 is 0 Å². The number of benzene rings is 1. The number of carbonyl (C=O) groups is 1. The Bertz CT molecular complexity index is 526. The van der Waals surface area contributed by atoms with Gasteiger partial charge in [-0.3, -0.25) is 4.79 Å². The second-order valence-electron chi connectivity index (χ2n) is 5.65. The molecule has 0 aliphatic carbocycles. The molecule has 0 unspecified atom stereocenters. The van der Waals surface area contributed by atoms with Gasteiger partial charge in [0, 0.05) is 19.6 Å². The van der Waals surface area contributed by atoms with Gasteiger partial charge in [-0.15, -0.1) is 0 Å². The molecule has 1 aliphatic heterocycles. The number of para-hydroxylation sites is 1. The third kappa shape index (κ3) is 5.16. The van der Waals surface area contributed by atoms with Crippen LogP contribution in [0, 0.1) is 0 Å². The van der Waals surface area contributed by atoms with Crippen molar-refractivity contribution in [2.75, 3.05) is 46.9 Å². The summed E-state index contributed by atoms with van der Waals surface area (Å²) in [4.78, 5) is 14.4. The number of carbonyl (C=O) groups excluding carboxylic acids is 1. The van der Waals surface area contributed by atoms with Crippen LogP contribution in [0.15, 0.2) is 35.9 Å². The molecule has 1 aliphatic rings. The van der Waals surface area contributed by atoms with E-state index in [1.165, 1.54) is 5.57 Å². The summed E-state index contributed by atoms with van der Waals surface area (Å²) in [5.41, 5.74) is 1.87. The minimum Gasteiger partial charge on any atom is -0.491 e. The van der Waals surface area contributed by atoms with Crippen LogP contribution in [0.1, 0.15) is 16.8 Å². The van der Waals surface area contributed by atoms with Crippen LogP contribution in [0.4, 0.5) is 0 Å². The van der Waals surface area contributed by atoms with Gasteiger partial charge < -0.3 is 20.3 Å². The molecule has 0 spiro atoms. The van der Waals surface area contributed by atoms with Crippen molar-refractivity contribution in [3.63, 3.8) is 0 Å². The van der Waals surface area contributed by atoms with Gasteiger partial charge in [-0.25, -0.2) is 0 Å². The normalized spacial score (nSPS) is 14.6. The predicted octanol–water partition coefficient (Wildman–Crippen LogP) is 1.28. The molecular weight excluding hydrogens is 278 g/mol. The lowest BCUT2D eigenvalue weighted by atomic mass is 10.1. The average Bonchev–Trinajstić information content (AvgIpc) is 2.54. The lowest BCUT2D eigenvalue weighted by Crippen LogP contribution is -2.30. The first-order chi connectivity index (χ1) is 10.7. The number of rotatable bonds is 7. The Kier molecular flexibility index (Phi) is 6.43. The average molecular weight is 303 g/mol. The van der Waals surface area contributed by atoms with E-state index in [-0.39, 0.29) is 5.91 Å². The van der Waals surface area contributed by atoms with E-state index in [0.29, 0.717) is 24.5 Å². The van der Waals surface area contributed by atoms with Crippen molar-refractivity contribution in [3.05, 3.63) is 41.5 Å². The van der Waals surface area contributed by atoms with Gasteiger partial charge in [0.25, 0.3) is 5.91 Å². The molecule has 22 heavy (non-hydrogen) atoms. The largest absolute Gasteiger partial charge is 0.491 e. The van der Waals surface area contributed by atoms with Gasteiger partial charge in [-0.1, -0.05) is 23.8 Å². The standard InChI is InChI=1S/C17H25N3O2/c1-20(2)11-12-22-16-6-4-3-5-15(16)17(21)19-13-14-7-9-18-10-8-14/h3-7,18H,8-13H2,1-2H3,(H,19,21). The van der Waals surface area contributed by atoms with Crippen molar-refractivity contribution in [1.82, 2.24) is 15.5 Å². The molecule has 0 radical (unpaired) electrons. The molecule has 0 atom stereocenters. The topological polar surface area (TPSA) is 53.6 Å². The third-order valence-corrected chi connectivity index (χ3v) is 3.56. The monoisotopic (exact) mass is 303 g/mol. The molecule has 2 N–H and O–H groups in total. The Hall–Kier alpha value is -1.85. The predicted molar refractivity (Wildman–Crippen MR) is 88.4 cm³/mol. The van der Waals surface area contributed by atoms with Gasteiger partial charge in [0.1, 0.15) is 12.4 Å². The molecule has 2 rings (SSSR count). The van der Waals surface area contributed by atoms with Crippen molar-refractivity contribution in [2.45, 2.75) is 6.42 Å². The van der Waals surface area contributed by atoms with Crippen molar-refractivity contribution in [1.29, 1.82) is 0 Å². The molecule has 0 saturated heterocycles. The van der Waals surface area contributed by atoms with Crippen molar-refractivity contribution < 1.29 is 9.53 Å². The molecular formula is C17H25N3O2. The Morgan fingerprint density at radius 3 is 2.91 bits per heavy atom. The van der Waals surface area contributed by atoms with Crippen LogP contribution in [0.5, 0.6) is 5.75 Å². The zero-order valence-corrected chi connectivity index (χ0v) is 13.4. The number of hydrogen-bond donors (Lipinski definition) is 2. The maximum atomic E-state index is 12.4. The summed E-state index contributed by atoms with van der Waals surface area (Å²) in [5.74, 6) is 0.557. The Morgan fingerprint density at radius 1 is 1.36 bits per heavy atom. The van der Waals surface area contributed by atoms with E-state index in [1.54, 1.807) is 6.07 Å². The smallest absolute Gasteiger partial charge is 0.255 e. The van der Waals surface area contributed by atoms with Crippen molar-refractivity contribution in [3.8, 4) is 5.75 Å². The second kappa shape index (κ2) is 8.56. The first-order valence-corrected chi connectivity index (χ1v) is 7.70. The van der Waals surface area contributed by atoms with Crippen LogP contribution in [0.25, 0.3) is 0 Å². The van der Waals surface area contributed by atoms with Crippen LogP contribution in [-0.2, 0) is 0 Å². The quantitative estimate of drug-likeness (QED) is 0.745. The molecule has 0 bridgehead atoms. The maximum absolute atomic E-state index is 12.4. The summed E-state index contributed by atoms with van der Waals surface area (Å²) in [6.07, 6.45) is 3.13. The number of nitrogens with zero attached hydrogens (tertiary/aromatic N) is 1. The fourth-order valence-corrected chi connectivity index (χ4v) is 2.24. The highest BCUT2D eigenvalue weighted by Gasteiger charge is 2.12. The van der Waals surface area contributed by atoms with E-state index in [9.17, 15) is 4.79 Å². The first-order valence-electron chi connectivity index (χ1n) is 7.70.